The molecule has 0 atom stereocenters. The molecule has 1 saturated heterocycles. The molecular weight excluding hydrogens is 513 g/mol. The highest BCUT2D eigenvalue weighted by Crippen LogP contribution is 2.22. The van der Waals surface area contributed by atoms with Gasteiger partial charge in [-0.15, -0.1) is 24.0 Å². The van der Waals surface area contributed by atoms with E-state index < -0.39 is 0 Å². The molecule has 1 heterocycles. The number of ether oxygens (including phenoxy) is 1. The van der Waals surface area contributed by atoms with Crippen LogP contribution in [0, 0.1) is 18.6 Å². The van der Waals surface area contributed by atoms with Gasteiger partial charge in [-0.2, -0.15) is 0 Å². The van der Waals surface area contributed by atoms with Crippen LogP contribution in [0.15, 0.2) is 41.4 Å². The van der Waals surface area contributed by atoms with E-state index in [0.29, 0.717) is 51.0 Å². The minimum absolute atomic E-state index is 0. The number of benzene rings is 2. The zero-order valence-corrected chi connectivity index (χ0v) is 20.4. The fourth-order valence-corrected chi connectivity index (χ4v) is 3.48. The normalized spacial score (nSPS) is 14.2. The van der Waals surface area contributed by atoms with Crippen molar-refractivity contribution >= 4 is 35.6 Å². The highest BCUT2D eigenvalue weighted by Gasteiger charge is 2.15. The standard InChI is InChI=1S/C23H30F2N4O.HI/c1-3-26-23(27-9-8-19-5-6-20(24)14-17(19)2)28-16-18-4-7-22(21(25)15-18)29-10-12-30-13-11-29;/h4-7,14-15H,3,8-13,16H2,1-2H3,(H2,26,27,28);1H. The molecule has 0 saturated carbocycles. The Balaban J connectivity index is 0.00000341. The van der Waals surface area contributed by atoms with Crippen molar-refractivity contribution in [3.8, 4) is 0 Å². The molecule has 0 spiro atoms. The molecule has 5 nitrogen and oxygen atoms in total. The van der Waals surface area contributed by atoms with Crippen LogP contribution in [0.4, 0.5) is 14.5 Å². The topological polar surface area (TPSA) is 48.9 Å². The van der Waals surface area contributed by atoms with Crippen LogP contribution >= 0.6 is 24.0 Å². The van der Waals surface area contributed by atoms with E-state index >= 15 is 0 Å². The number of anilines is 1. The second kappa shape index (κ2) is 12.8. The summed E-state index contributed by atoms with van der Waals surface area (Å²) in [6.07, 6.45) is 0.763. The highest BCUT2D eigenvalue weighted by atomic mass is 127. The summed E-state index contributed by atoms with van der Waals surface area (Å²) in [6, 6.07) is 10.1. The van der Waals surface area contributed by atoms with E-state index in [1.165, 1.54) is 6.07 Å². The second-order valence-corrected chi connectivity index (χ2v) is 7.33. The maximum atomic E-state index is 14.6. The predicted molar refractivity (Wildman–Crippen MR) is 133 cm³/mol. The van der Waals surface area contributed by atoms with Gasteiger partial charge in [0.05, 0.1) is 25.4 Å². The molecule has 2 aromatic carbocycles. The SMILES string of the molecule is CCNC(=NCc1ccc(N2CCOCC2)c(F)c1)NCCc1ccc(F)cc1C.I. The van der Waals surface area contributed by atoms with Crippen LogP contribution < -0.4 is 15.5 Å². The minimum atomic E-state index is -0.227. The number of nitrogens with one attached hydrogen (secondary N) is 2. The average molecular weight is 544 g/mol. The van der Waals surface area contributed by atoms with Crippen LogP contribution in [0.25, 0.3) is 0 Å². The highest BCUT2D eigenvalue weighted by molar-refractivity contribution is 14.0. The van der Waals surface area contributed by atoms with Gasteiger partial charge in [-0.3, -0.25) is 0 Å². The molecule has 3 rings (SSSR count). The number of morpholine rings is 1. The first kappa shape index (κ1) is 25.3. The average Bonchev–Trinajstić information content (AvgIpc) is 2.74. The Kier molecular flexibility index (Phi) is 10.5. The lowest BCUT2D eigenvalue weighted by molar-refractivity contribution is 0.122. The first-order valence-electron chi connectivity index (χ1n) is 10.4. The summed E-state index contributed by atoms with van der Waals surface area (Å²) in [6.45, 7) is 8.35. The van der Waals surface area contributed by atoms with Gasteiger partial charge < -0.3 is 20.3 Å². The van der Waals surface area contributed by atoms with Crippen molar-refractivity contribution in [2.24, 2.45) is 4.99 Å². The Morgan fingerprint density at radius 2 is 1.87 bits per heavy atom. The zero-order chi connectivity index (χ0) is 21.3. The molecule has 1 fully saturated rings. The molecule has 0 bridgehead atoms. The predicted octanol–water partition coefficient (Wildman–Crippen LogP) is 4.03. The largest absolute Gasteiger partial charge is 0.378 e. The maximum absolute atomic E-state index is 14.6. The summed E-state index contributed by atoms with van der Waals surface area (Å²) in [4.78, 5) is 6.58. The molecule has 31 heavy (non-hydrogen) atoms. The van der Waals surface area contributed by atoms with Crippen LogP contribution in [0.2, 0.25) is 0 Å². The molecule has 170 valence electrons. The first-order chi connectivity index (χ1) is 14.6. The number of aliphatic imine (C=N–C) groups is 1. The van der Waals surface area contributed by atoms with E-state index in [2.05, 4.69) is 15.6 Å². The fourth-order valence-electron chi connectivity index (χ4n) is 3.48. The molecule has 0 unspecified atom stereocenters. The van der Waals surface area contributed by atoms with Crippen molar-refractivity contribution in [3.63, 3.8) is 0 Å². The smallest absolute Gasteiger partial charge is 0.191 e. The van der Waals surface area contributed by atoms with E-state index in [1.54, 1.807) is 12.1 Å². The van der Waals surface area contributed by atoms with Crippen LogP contribution in [0.3, 0.4) is 0 Å². The van der Waals surface area contributed by atoms with Crippen LogP contribution in [0.5, 0.6) is 0 Å². The molecule has 1 aliphatic rings. The van der Waals surface area contributed by atoms with Gasteiger partial charge in [0.15, 0.2) is 5.96 Å². The van der Waals surface area contributed by atoms with Gasteiger partial charge in [-0.1, -0.05) is 12.1 Å². The van der Waals surface area contributed by atoms with Crippen molar-refractivity contribution in [1.29, 1.82) is 0 Å². The molecule has 1 aliphatic heterocycles. The Hall–Kier alpha value is -1.94. The monoisotopic (exact) mass is 544 g/mol. The third-order valence-corrected chi connectivity index (χ3v) is 5.12. The summed E-state index contributed by atoms with van der Waals surface area (Å²) in [7, 11) is 0. The van der Waals surface area contributed by atoms with Gasteiger partial charge in [-0.05, 0) is 61.2 Å². The molecule has 0 aliphatic carbocycles. The van der Waals surface area contributed by atoms with Gasteiger partial charge in [0, 0.05) is 26.2 Å². The molecule has 0 radical (unpaired) electrons. The summed E-state index contributed by atoms with van der Waals surface area (Å²) >= 11 is 0. The van der Waals surface area contributed by atoms with Crippen molar-refractivity contribution in [1.82, 2.24) is 10.6 Å². The number of nitrogens with zero attached hydrogens (tertiary/aromatic N) is 2. The Labute approximate surface area is 200 Å². The lowest BCUT2D eigenvalue weighted by Crippen LogP contribution is -2.38. The van der Waals surface area contributed by atoms with Crippen LogP contribution in [-0.2, 0) is 17.7 Å². The second-order valence-electron chi connectivity index (χ2n) is 7.33. The quantitative estimate of drug-likeness (QED) is 0.314. The van der Waals surface area contributed by atoms with Crippen molar-refractivity contribution in [3.05, 3.63) is 64.7 Å². The van der Waals surface area contributed by atoms with Gasteiger partial charge in [-0.25, -0.2) is 13.8 Å². The van der Waals surface area contributed by atoms with Crippen LogP contribution in [0.1, 0.15) is 23.6 Å². The summed E-state index contributed by atoms with van der Waals surface area (Å²) in [5, 5.41) is 6.49. The summed E-state index contributed by atoms with van der Waals surface area (Å²) < 4.78 is 33.1. The molecule has 8 heteroatoms. The van der Waals surface area contributed by atoms with Gasteiger partial charge in [0.25, 0.3) is 0 Å². The van der Waals surface area contributed by atoms with Crippen molar-refractivity contribution in [2.75, 3.05) is 44.3 Å². The van der Waals surface area contributed by atoms with Gasteiger partial charge in [0.1, 0.15) is 11.6 Å². The number of rotatable bonds is 7. The number of guanidine groups is 1. The van der Waals surface area contributed by atoms with Crippen molar-refractivity contribution in [2.45, 2.75) is 26.8 Å². The minimum Gasteiger partial charge on any atom is -0.378 e. The molecule has 0 aromatic heterocycles. The molecule has 2 aromatic rings. The van der Waals surface area contributed by atoms with E-state index in [0.717, 1.165) is 29.7 Å². The van der Waals surface area contributed by atoms with Crippen molar-refractivity contribution < 1.29 is 13.5 Å². The maximum Gasteiger partial charge on any atom is 0.191 e. The van der Waals surface area contributed by atoms with Crippen LogP contribution in [-0.4, -0.2) is 45.4 Å². The molecular formula is C23H31F2IN4O. The molecule has 2 N–H and O–H groups in total. The first-order valence-corrected chi connectivity index (χ1v) is 10.4. The van der Waals surface area contributed by atoms with E-state index in [9.17, 15) is 8.78 Å². The third-order valence-electron chi connectivity index (χ3n) is 5.12. The van der Waals surface area contributed by atoms with Gasteiger partial charge in [0.2, 0.25) is 0 Å². The van der Waals surface area contributed by atoms with Gasteiger partial charge >= 0.3 is 0 Å². The zero-order valence-electron chi connectivity index (χ0n) is 18.1. The van der Waals surface area contributed by atoms with E-state index in [4.69, 9.17) is 4.74 Å². The lowest BCUT2D eigenvalue weighted by atomic mass is 10.1. The Morgan fingerprint density at radius 1 is 1.10 bits per heavy atom. The summed E-state index contributed by atoms with van der Waals surface area (Å²) in [5.41, 5.74) is 3.47. The molecule has 0 amide bonds. The number of halogens is 3. The fraction of sp³-hybridized carbons (Fsp3) is 0.435. The third kappa shape index (κ3) is 7.60. The number of aryl methyl sites for hydroxylation is 1. The number of hydrogen-bond donors (Lipinski definition) is 2. The summed E-state index contributed by atoms with van der Waals surface area (Å²) in [5.74, 6) is 0.232. The van der Waals surface area contributed by atoms with E-state index in [-0.39, 0.29) is 35.6 Å². The number of hydrogen-bond acceptors (Lipinski definition) is 3. The Morgan fingerprint density at radius 3 is 2.55 bits per heavy atom. The van der Waals surface area contributed by atoms with E-state index in [1.807, 2.05) is 36.9 Å². The Bertz CT molecular complexity index is 873. The lowest BCUT2D eigenvalue weighted by Gasteiger charge is -2.29.